The molecule has 0 saturated carbocycles. The second-order valence-electron chi connectivity index (χ2n) is 5.37. The zero-order valence-electron chi connectivity index (χ0n) is 11.3. The maximum absolute atomic E-state index is 10.6. The zero-order valence-corrected chi connectivity index (χ0v) is 11.3. The van der Waals surface area contributed by atoms with Gasteiger partial charge in [0.25, 0.3) is 0 Å². The number of hydrogen-bond acceptors (Lipinski definition) is 4. The van der Waals surface area contributed by atoms with Gasteiger partial charge < -0.3 is 14.6 Å². The Labute approximate surface area is 113 Å². The predicted octanol–water partition coefficient (Wildman–Crippen LogP) is 1.59. The van der Waals surface area contributed by atoms with Crippen LogP contribution in [0.15, 0.2) is 24.3 Å². The number of benzene rings is 1. The molecule has 0 spiro atoms. The van der Waals surface area contributed by atoms with Crippen LogP contribution in [0.4, 0.5) is 0 Å². The molecule has 0 radical (unpaired) electrons. The van der Waals surface area contributed by atoms with Crippen molar-refractivity contribution in [2.75, 3.05) is 26.9 Å². The molecule has 2 aliphatic rings. The molecule has 3 rings (SSSR count). The number of aliphatic hydroxyl groups is 1. The van der Waals surface area contributed by atoms with Crippen molar-refractivity contribution in [1.82, 2.24) is 4.90 Å². The van der Waals surface area contributed by atoms with E-state index in [0.717, 1.165) is 37.4 Å². The van der Waals surface area contributed by atoms with Gasteiger partial charge in [0.2, 0.25) is 0 Å². The number of nitrogens with zero attached hydrogens (tertiary/aromatic N) is 1. The summed E-state index contributed by atoms with van der Waals surface area (Å²) in [5.41, 5.74) is 0.901. The Morgan fingerprint density at radius 3 is 2.74 bits per heavy atom. The summed E-state index contributed by atoms with van der Waals surface area (Å²) in [6.07, 6.45) is 1.58. The highest BCUT2D eigenvalue weighted by molar-refractivity contribution is 5.37. The van der Waals surface area contributed by atoms with Crippen LogP contribution in [0.3, 0.4) is 0 Å². The summed E-state index contributed by atoms with van der Waals surface area (Å²) >= 11 is 0. The number of aliphatic hydroxyl groups excluding tert-OH is 1. The Morgan fingerprint density at radius 2 is 1.95 bits per heavy atom. The lowest BCUT2D eigenvalue weighted by atomic mass is 9.95. The van der Waals surface area contributed by atoms with E-state index in [-0.39, 0.29) is 6.04 Å². The summed E-state index contributed by atoms with van der Waals surface area (Å²) in [5, 5.41) is 10.6. The van der Waals surface area contributed by atoms with E-state index in [1.54, 1.807) is 0 Å². The van der Waals surface area contributed by atoms with Gasteiger partial charge in [0, 0.05) is 24.8 Å². The molecule has 2 unspecified atom stereocenters. The van der Waals surface area contributed by atoms with Gasteiger partial charge in [-0.3, -0.25) is 4.90 Å². The van der Waals surface area contributed by atoms with Gasteiger partial charge in [0.05, 0.1) is 6.04 Å². The average molecular weight is 263 g/mol. The van der Waals surface area contributed by atoms with Crippen molar-refractivity contribution >= 4 is 0 Å². The van der Waals surface area contributed by atoms with Gasteiger partial charge in [-0.15, -0.1) is 0 Å². The fraction of sp³-hybridized carbons (Fsp3) is 0.600. The molecule has 2 atom stereocenters. The third-order valence-electron chi connectivity index (χ3n) is 4.30. The molecule has 0 aromatic heterocycles. The molecule has 4 heteroatoms. The number of hydrogen-bond donors (Lipinski definition) is 1. The van der Waals surface area contributed by atoms with Gasteiger partial charge in [-0.25, -0.2) is 0 Å². The summed E-state index contributed by atoms with van der Waals surface area (Å²) in [6.45, 7) is 2.18. The van der Waals surface area contributed by atoms with Crippen molar-refractivity contribution < 1.29 is 14.6 Å². The number of ether oxygens (including phenoxy) is 2. The highest BCUT2D eigenvalue weighted by Gasteiger charge is 2.35. The Bertz CT molecular complexity index is 431. The van der Waals surface area contributed by atoms with Crippen LogP contribution in [-0.4, -0.2) is 49.0 Å². The molecule has 4 nitrogen and oxygen atoms in total. The fourth-order valence-electron chi connectivity index (χ4n) is 3.03. The number of rotatable bonds is 2. The molecular formula is C15H21NO3. The van der Waals surface area contributed by atoms with E-state index in [1.807, 2.05) is 24.3 Å². The minimum Gasteiger partial charge on any atom is -0.491 e. The van der Waals surface area contributed by atoms with Crippen LogP contribution in [0.25, 0.3) is 0 Å². The van der Waals surface area contributed by atoms with Crippen molar-refractivity contribution in [3.63, 3.8) is 0 Å². The van der Waals surface area contributed by atoms with Crippen LogP contribution in [0.2, 0.25) is 0 Å². The molecular weight excluding hydrogens is 242 g/mol. The Balaban J connectivity index is 1.75. The Morgan fingerprint density at radius 1 is 1.21 bits per heavy atom. The monoisotopic (exact) mass is 263 g/mol. The third kappa shape index (κ3) is 2.48. The lowest BCUT2D eigenvalue weighted by Gasteiger charge is -2.41. The van der Waals surface area contributed by atoms with E-state index in [0.29, 0.717) is 12.6 Å². The molecule has 1 fully saturated rings. The second-order valence-corrected chi connectivity index (χ2v) is 5.37. The van der Waals surface area contributed by atoms with Gasteiger partial charge >= 0.3 is 0 Å². The molecule has 2 aliphatic heterocycles. The van der Waals surface area contributed by atoms with Crippen LogP contribution < -0.4 is 4.74 Å². The first-order valence-electron chi connectivity index (χ1n) is 6.97. The highest BCUT2D eigenvalue weighted by Crippen LogP contribution is 2.34. The maximum atomic E-state index is 10.6. The number of likely N-dealkylation sites (N-methyl/N-ethyl adjacent to an activating group) is 1. The van der Waals surface area contributed by atoms with Gasteiger partial charge in [0.1, 0.15) is 18.5 Å². The lowest BCUT2D eigenvalue weighted by Crippen LogP contribution is -2.50. The first-order chi connectivity index (χ1) is 9.27. The van der Waals surface area contributed by atoms with E-state index in [2.05, 4.69) is 11.9 Å². The molecule has 0 aliphatic carbocycles. The largest absolute Gasteiger partial charge is 0.491 e. The van der Waals surface area contributed by atoms with Gasteiger partial charge in [-0.2, -0.15) is 0 Å². The average Bonchev–Trinajstić information content (AvgIpc) is 2.48. The summed E-state index contributed by atoms with van der Waals surface area (Å²) in [4.78, 5) is 2.27. The first-order valence-corrected chi connectivity index (χ1v) is 6.97. The van der Waals surface area contributed by atoms with Crippen LogP contribution in [-0.2, 0) is 4.74 Å². The second kappa shape index (κ2) is 5.49. The topological polar surface area (TPSA) is 41.9 Å². The zero-order chi connectivity index (χ0) is 13.2. The highest BCUT2D eigenvalue weighted by atomic mass is 16.5. The molecule has 19 heavy (non-hydrogen) atoms. The summed E-state index contributed by atoms with van der Waals surface area (Å²) < 4.78 is 11.2. The van der Waals surface area contributed by atoms with Gasteiger partial charge in [-0.05, 0) is 26.0 Å². The van der Waals surface area contributed by atoms with Crippen molar-refractivity contribution in [3.05, 3.63) is 29.8 Å². The number of para-hydroxylation sites is 1. The maximum Gasteiger partial charge on any atom is 0.125 e. The molecule has 2 heterocycles. The number of fused-ring (bicyclic) bond motifs is 1. The van der Waals surface area contributed by atoms with Crippen LogP contribution in [0, 0.1) is 0 Å². The van der Waals surface area contributed by atoms with Crippen molar-refractivity contribution in [1.29, 1.82) is 0 Å². The molecule has 104 valence electrons. The van der Waals surface area contributed by atoms with E-state index < -0.39 is 6.10 Å². The van der Waals surface area contributed by atoms with E-state index in [4.69, 9.17) is 9.47 Å². The van der Waals surface area contributed by atoms with Gasteiger partial charge in [-0.1, -0.05) is 18.2 Å². The molecule has 1 saturated heterocycles. The first kappa shape index (κ1) is 12.9. The van der Waals surface area contributed by atoms with Crippen molar-refractivity contribution in [2.45, 2.75) is 31.0 Å². The Hall–Kier alpha value is -1.10. The minimum atomic E-state index is -0.474. The smallest absolute Gasteiger partial charge is 0.125 e. The minimum absolute atomic E-state index is 0.0259. The summed E-state index contributed by atoms with van der Waals surface area (Å²) in [7, 11) is 2.08. The fourth-order valence-corrected chi connectivity index (χ4v) is 3.03. The molecule has 1 aromatic rings. The van der Waals surface area contributed by atoms with Crippen LogP contribution in [0.5, 0.6) is 5.75 Å². The summed E-state index contributed by atoms with van der Waals surface area (Å²) in [6, 6.07) is 8.25. The quantitative estimate of drug-likeness (QED) is 0.880. The van der Waals surface area contributed by atoms with E-state index in [1.165, 1.54) is 0 Å². The lowest BCUT2D eigenvalue weighted by molar-refractivity contribution is -0.0322. The van der Waals surface area contributed by atoms with Gasteiger partial charge in [0.15, 0.2) is 0 Å². The molecule has 1 N–H and O–H groups in total. The van der Waals surface area contributed by atoms with Crippen LogP contribution in [0.1, 0.15) is 24.5 Å². The third-order valence-corrected chi connectivity index (χ3v) is 4.30. The van der Waals surface area contributed by atoms with E-state index >= 15 is 0 Å². The normalized spacial score (nSPS) is 27.9. The van der Waals surface area contributed by atoms with Crippen molar-refractivity contribution in [2.24, 2.45) is 0 Å². The molecule has 0 bridgehead atoms. The van der Waals surface area contributed by atoms with Crippen LogP contribution >= 0.6 is 0 Å². The predicted molar refractivity (Wildman–Crippen MR) is 72.3 cm³/mol. The Kier molecular flexibility index (Phi) is 3.73. The SMILES string of the molecule is CN(C1CCOCC1)C1COc2ccccc2C1O. The van der Waals surface area contributed by atoms with E-state index in [9.17, 15) is 5.11 Å². The summed E-state index contributed by atoms with van der Waals surface area (Å²) in [5.74, 6) is 0.812. The molecule has 0 amide bonds. The standard InChI is InChI=1S/C15H21NO3/c1-16(11-6-8-18-9-7-11)13-10-19-14-5-3-2-4-12(14)15(13)17/h2-5,11,13,15,17H,6-10H2,1H3. The van der Waals surface area contributed by atoms with Crippen molar-refractivity contribution in [3.8, 4) is 5.75 Å². The molecule has 1 aromatic carbocycles.